The van der Waals surface area contributed by atoms with Gasteiger partial charge < -0.3 is 10.2 Å². The molecule has 0 aliphatic carbocycles. The van der Waals surface area contributed by atoms with Gasteiger partial charge in [0, 0.05) is 29.9 Å². The number of hydrogen-bond acceptors (Lipinski definition) is 6. The summed E-state index contributed by atoms with van der Waals surface area (Å²) in [5.74, 6) is -1.84. The molecule has 0 aromatic heterocycles. The van der Waals surface area contributed by atoms with Crippen molar-refractivity contribution in [2.45, 2.75) is 12.2 Å². The van der Waals surface area contributed by atoms with Gasteiger partial charge in [-0.25, -0.2) is 0 Å². The number of anilines is 1. The molecule has 2 aromatic rings. The highest BCUT2D eigenvalue weighted by Crippen LogP contribution is 2.31. The van der Waals surface area contributed by atoms with Crippen molar-refractivity contribution in [3.63, 3.8) is 0 Å². The summed E-state index contributed by atoms with van der Waals surface area (Å²) in [6, 6.07) is 16.0. The molecule has 3 rings (SSSR count). The lowest BCUT2D eigenvalue weighted by atomic mass is 9.99. The molecule has 156 valence electrons. The largest absolute Gasteiger partial charge is 0.395 e. The van der Waals surface area contributed by atoms with Crippen LogP contribution in [0.2, 0.25) is 0 Å². The maximum Gasteiger partial charge on any atom is 0.395 e. The Morgan fingerprint density at radius 3 is 2.37 bits per heavy atom. The molecular weight excluding hydrogens is 380 g/mol. The molecule has 1 N–H and O–H groups in total. The molecule has 0 saturated carbocycles. The van der Waals surface area contributed by atoms with Gasteiger partial charge in [-0.3, -0.25) is 19.8 Å². The quantitative estimate of drug-likeness (QED) is 0.298. The number of carbonyl (C=O) groups is 1. The van der Waals surface area contributed by atoms with Gasteiger partial charge >= 0.3 is 5.79 Å². The van der Waals surface area contributed by atoms with Crippen LogP contribution < -0.4 is 10.2 Å². The molecule has 0 spiro atoms. The van der Waals surface area contributed by atoms with Gasteiger partial charge in [0.1, 0.15) is 0 Å². The number of hydrogen-bond donors (Lipinski definition) is 1. The molecule has 0 bridgehead atoms. The Kier molecular flexibility index (Phi) is 6.64. The molecule has 0 radical (unpaired) electrons. The van der Waals surface area contributed by atoms with Crippen LogP contribution in [0.25, 0.3) is 0 Å². The normalized spacial score (nSPS) is 17.6. The number of nitrogens with one attached hydrogen (secondary N) is 1. The Labute approximate surface area is 176 Å². The van der Waals surface area contributed by atoms with Crippen molar-refractivity contribution in [2.75, 3.05) is 32.1 Å². The van der Waals surface area contributed by atoms with Crippen LogP contribution in [0, 0.1) is 10.1 Å². The minimum absolute atomic E-state index is 0.169. The third kappa shape index (κ3) is 4.41. The Balaban J connectivity index is 2.08. The van der Waals surface area contributed by atoms with E-state index < -0.39 is 5.79 Å². The topological polar surface area (TPSA) is 78.7 Å². The van der Waals surface area contributed by atoms with E-state index in [-0.39, 0.29) is 10.7 Å². The smallest absolute Gasteiger partial charge is 0.309 e. The molecule has 0 fully saturated rings. The Morgan fingerprint density at radius 1 is 1.03 bits per heavy atom. The van der Waals surface area contributed by atoms with Gasteiger partial charge in [-0.2, -0.15) is 0 Å². The van der Waals surface area contributed by atoms with Crippen molar-refractivity contribution in [3.05, 3.63) is 100 Å². The number of carbonyl (C=O) groups excluding carboxylic acids is 1. The first-order valence-corrected chi connectivity index (χ1v) is 9.83. The van der Waals surface area contributed by atoms with E-state index in [0.717, 1.165) is 6.54 Å². The first kappa shape index (κ1) is 21.3. The van der Waals surface area contributed by atoms with Crippen LogP contribution in [0.15, 0.2) is 79.0 Å². The molecule has 0 amide bonds. The number of dihydropyridines is 1. The van der Waals surface area contributed by atoms with Crippen molar-refractivity contribution >= 4 is 11.5 Å². The van der Waals surface area contributed by atoms with Gasteiger partial charge in [-0.1, -0.05) is 48.5 Å². The highest BCUT2D eigenvalue weighted by molar-refractivity contribution is 6.12. The van der Waals surface area contributed by atoms with Crippen LogP contribution in [-0.4, -0.2) is 48.6 Å². The fourth-order valence-electron chi connectivity index (χ4n) is 3.51. The second kappa shape index (κ2) is 9.37. The van der Waals surface area contributed by atoms with Crippen molar-refractivity contribution in [3.8, 4) is 0 Å². The number of rotatable bonds is 9. The van der Waals surface area contributed by atoms with E-state index in [1.165, 1.54) is 6.08 Å². The zero-order valence-electron chi connectivity index (χ0n) is 17.2. The number of para-hydroxylation sites is 1. The Bertz CT molecular complexity index is 956. The summed E-state index contributed by atoms with van der Waals surface area (Å²) in [6.07, 6.45) is 7.13. The lowest BCUT2D eigenvalue weighted by molar-refractivity contribution is -0.560. The molecule has 30 heavy (non-hydrogen) atoms. The van der Waals surface area contributed by atoms with E-state index in [1.807, 2.05) is 25.1 Å². The van der Waals surface area contributed by atoms with Gasteiger partial charge in [-0.15, -0.1) is 0 Å². The Morgan fingerprint density at radius 2 is 1.73 bits per heavy atom. The van der Waals surface area contributed by atoms with E-state index in [9.17, 15) is 14.9 Å². The van der Waals surface area contributed by atoms with Crippen LogP contribution >= 0.6 is 0 Å². The van der Waals surface area contributed by atoms with Gasteiger partial charge in [-0.05, 0) is 45.3 Å². The average Bonchev–Trinajstić information content (AvgIpc) is 2.77. The van der Waals surface area contributed by atoms with E-state index in [2.05, 4.69) is 5.32 Å². The number of ketones is 1. The highest BCUT2D eigenvalue weighted by Gasteiger charge is 2.47. The zero-order valence-corrected chi connectivity index (χ0v) is 17.2. The molecule has 1 atom stereocenters. The standard InChI is InChI=1S/C23H26N4O3/c1-25(2)17-10-18-26(23(27(29)30)15-8-9-16-24-23)21-14-7-6-13-20(21)22(28)19-11-4-3-5-12-19/h3-9,11-16,24H,10,17-18H2,1-2H3. The second-order valence-corrected chi connectivity index (χ2v) is 7.37. The molecule has 7 nitrogen and oxygen atoms in total. The molecule has 2 aromatic carbocycles. The Hall–Kier alpha value is -3.45. The first-order valence-electron chi connectivity index (χ1n) is 9.83. The van der Waals surface area contributed by atoms with E-state index >= 15 is 0 Å². The number of allylic oxidation sites excluding steroid dienone is 2. The van der Waals surface area contributed by atoms with Gasteiger partial charge in [0.2, 0.25) is 0 Å². The maximum atomic E-state index is 13.3. The predicted octanol–water partition coefficient (Wildman–Crippen LogP) is 3.28. The molecule has 0 saturated heterocycles. The summed E-state index contributed by atoms with van der Waals surface area (Å²) < 4.78 is 0. The van der Waals surface area contributed by atoms with Crippen LogP contribution in [0.1, 0.15) is 22.3 Å². The maximum absolute atomic E-state index is 13.3. The van der Waals surface area contributed by atoms with E-state index in [4.69, 9.17) is 0 Å². The number of nitrogens with zero attached hydrogens (tertiary/aromatic N) is 3. The van der Waals surface area contributed by atoms with Crippen LogP contribution in [0.5, 0.6) is 0 Å². The summed E-state index contributed by atoms with van der Waals surface area (Å²) in [7, 11) is 3.92. The summed E-state index contributed by atoms with van der Waals surface area (Å²) in [4.78, 5) is 28.9. The third-order valence-electron chi connectivity index (χ3n) is 4.98. The third-order valence-corrected chi connectivity index (χ3v) is 4.98. The van der Waals surface area contributed by atoms with Crippen LogP contribution in [0.4, 0.5) is 5.69 Å². The molecule has 1 unspecified atom stereocenters. The molecular formula is C23H26N4O3. The fraction of sp³-hybridized carbons (Fsp3) is 0.261. The van der Waals surface area contributed by atoms with Gasteiger partial charge in [0.05, 0.1) is 10.6 Å². The number of nitro groups is 1. The molecule has 1 aliphatic rings. The second-order valence-electron chi connectivity index (χ2n) is 7.37. The van der Waals surface area contributed by atoms with Crippen molar-refractivity contribution in [1.82, 2.24) is 10.2 Å². The molecule has 7 heteroatoms. The monoisotopic (exact) mass is 406 g/mol. The minimum Gasteiger partial charge on any atom is -0.309 e. The summed E-state index contributed by atoms with van der Waals surface area (Å²) in [5, 5.41) is 15.2. The lowest BCUT2D eigenvalue weighted by Crippen LogP contribution is -2.63. The van der Waals surface area contributed by atoms with E-state index in [1.54, 1.807) is 71.8 Å². The van der Waals surface area contributed by atoms with Crippen LogP contribution in [-0.2, 0) is 0 Å². The zero-order chi connectivity index (χ0) is 21.6. The summed E-state index contributed by atoms with van der Waals surface area (Å²) in [5.41, 5.74) is 1.49. The molecule has 1 heterocycles. The SMILES string of the molecule is CN(C)CCCN(c1ccccc1C(=O)c1ccccc1)C1([N+](=O)[O-])C=CC=CN1. The van der Waals surface area contributed by atoms with Crippen molar-refractivity contribution in [1.29, 1.82) is 0 Å². The minimum atomic E-state index is -1.67. The van der Waals surface area contributed by atoms with Crippen molar-refractivity contribution < 1.29 is 9.72 Å². The predicted molar refractivity (Wildman–Crippen MR) is 118 cm³/mol. The summed E-state index contributed by atoms with van der Waals surface area (Å²) >= 11 is 0. The number of benzene rings is 2. The van der Waals surface area contributed by atoms with Gasteiger partial charge in [0.25, 0.3) is 0 Å². The first-order chi connectivity index (χ1) is 14.5. The highest BCUT2D eigenvalue weighted by atomic mass is 16.6. The van der Waals surface area contributed by atoms with Crippen LogP contribution in [0.3, 0.4) is 0 Å². The fourth-order valence-corrected chi connectivity index (χ4v) is 3.51. The average molecular weight is 406 g/mol. The van der Waals surface area contributed by atoms with Gasteiger partial charge in [0.15, 0.2) is 5.78 Å². The van der Waals surface area contributed by atoms with Crippen molar-refractivity contribution in [2.24, 2.45) is 0 Å². The van der Waals surface area contributed by atoms with E-state index in [0.29, 0.717) is 29.8 Å². The summed E-state index contributed by atoms with van der Waals surface area (Å²) in [6.45, 7) is 1.15. The molecule has 1 aliphatic heterocycles. The lowest BCUT2D eigenvalue weighted by Gasteiger charge is -2.37.